The molecule has 0 radical (unpaired) electrons. The number of hydrogen-bond acceptors (Lipinski definition) is 3. The van der Waals surface area contributed by atoms with Crippen LogP contribution in [0.2, 0.25) is 0 Å². The van der Waals surface area contributed by atoms with Crippen molar-refractivity contribution in [3.05, 3.63) is 0 Å². The minimum absolute atomic E-state index is 0.0621. The lowest BCUT2D eigenvalue weighted by molar-refractivity contribution is -0.125. The second-order valence-corrected chi connectivity index (χ2v) is 4.77. The van der Waals surface area contributed by atoms with Gasteiger partial charge in [-0.2, -0.15) is 0 Å². The molecule has 0 aliphatic heterocycles. The van der Waals surface area contributed by atoms with Gasteiger partial charge in [-0.25, -0.2) is 0 Å². The molecule has 0 bridgehead atoms. The van der Waals surface area contributed by atoms with Gasteiger partial charge in [0, 0.05) is 19.9 Å². The maximum absolute atomic E-state index is 11.6. The third-order valence-corrected chi connectivity index (χ3v) is 2.69. The van der Waals surface area contributed by atoms with Crippen LogP contribution in [0.1, 0.15) is 33.1 Å². The average molecular weight is 259 g/mol. The summed E-state index contributed by atoms with van der Waals surface area (Å²) in [5.74, 6) is -0.258. The number of nitrogens with two attached hydrogens (primary N) is 1. The smallest absolute Gasteiger partial charge is 0.221 e. The third-order valence-electron chi connectivity index (χ3n) is 2.20. The summed E-state index contributed by atoms with van der Waals surface area (Å²) in [7, 11) is 1.73. The lowest BCUT2D eigenvalue weighted by Crippen LogP contribution is -2.45. The fraction of sp³-hybridized carbons (Fsp3) is 0.727. The molecule has 0 saturated heterocycles. The van der Waals surface area contributed by atoms with E-state index in [0.29, 0.717) is 10.9 Å². The minimum atomic E-state index is -0.475. The monoisotopic (exact) mass is 259 g/mol. The molecule has 0 aliphatic carbocycles. The zero-order valence-electron chi connectivity index (χ0n) is 10.6. The van der Waals surface area contributed by atoms with Gasteiger partial charge in [-0.3, -0.25) is 9.59 Å². The summed E-state index contributed by atoms with van der Waals surface area (Å²) in [6, 6.07) is -0.185. The Morgan fingerprint density at radius 2 is 1.88 bits per heavy atom. The molecule has 4 N–H and O–H groups in total. The van der Waals surface area contributed by atoms with E-state index in [-0.39, 0.29) is 24.8 Å². The zero-order chi connectivity index (χ0) is 13.4. The lowest BCUT2D eigenvalue weighted by atomic mass is 10.0. The number of rotatable bonds is 7. The normalized spacial score (nSPS) is 12.0. The molecule has 0 rings (SSSR count). The number of likely N-dealkylation sites (N-methyl/N-ethyl adjacent to an activating group) is 1. The van der Waals surface area contributed by atoms with Gasteiger partial charge < -0.3 is 16.4 Å². The Bertz CT molecular complexity index is 292. The first-order valence-corrected chi connectivity index (χ1v) is 6.06. The summed E-state index contributed by atoms with van der Waals surface area (Å²) in [6.07, 6.45) is 0.935. The van der Waals surface area contributed by atoms with Crippen molar-refractivity contribution in [3.63, 3.8) is 0 Å². The van der Waals surface area contributed by atoms with E-state index >= 15 is 0 Å². The summed E-state index contributed by atoms with van der Waals surface area (Å²) in [4.78, 5) is 22.7. The topological polar surface area (TPSA) is 84.2 Å². The Balaban J connectivity index is 4.27. The number of carbonyl (C=O) groups excluding carboxylic acids is 2. The first-order valence-electron chi connectivity index (χ1n) is 5.66. The molecule has 0 fully saturated rings. The van der Waals surface area contributed by atoms with Gasteiger partial charge in [0.15, 0.2) is 0 Å². The van der Waals surface area contributed by atoms with Crippen molar-refractivity contribution < 1.29 is 9.59 Å². The van der Waals surface area contributed by atoms with Gasteiger partial charge in [0.2, 0.25) is 11.8 Å². The second-order valence-electron chi connectivity index (χ2n) is 4.33. The van der Waals surface area contributed by atoms with E-state index in [4.69, 9.17) is 18.0 Å². The number of hydrogen-bond donors (Lipinski definition) is 3. The number of thiocarbonyl (C=S) groups is 1. The fourth-order valence-corrected chi connectivity index (χ4v) is 1.54. The summed E-state index contributed by atoms with van der Waals surface area (Å²) in [6.45, 7) is 4.11. The first kappa shape index (κ1) is 15.8. The molecule has 98 valence electrons. The predicted octanol–water partition coefficient (Wildman–Crippen LogP) is 0.330. The molecule has 1 atom stereocenters. The number of primary amides is 1. The number of amides is 2. The fourth-order valence-electron chi connectivity index (χ4n) is 1.38. The van der Waals surface area contributed by atoms with Crippen LogP contribution in [-0.2, 0) is 9.59 Å². The molecule has 6 heteroatoms. The highest BCUT2D eigenvalue weighted by Gasteiger charge is 2.17. The Labute approximate surface area is 108 Å². The second kappa shape index (κ2) is 8.00. The van der Waals surface area contributed by atoms with Gasteiger partial charge in [0.25, 0.3) is 0 Å². The van der Waals surface area contributed by atoms with Crippen molar-refractivity contribution in [1.82, 2.24) is 10.6 Å². The Morgan fingerprint density at radius 1 is 1.29 bits per heavy atom. The van der Waals surface area contributed by atoms with Crippen molar-refractivity contribution >= 4 is 29.0 Å². The largest absolute Gasteiger partial charge is 0.381 e. The number of nitrogens with one attached hydrogen (secondary N) is 2. The van der Waals surface area contributed by atoms with Crippen LogP contribution in [0.5, 0.6) is 0 Å². The van der Waals surface area contributed by atoms with E-state index in [1.165, 1.54) is 0 Å². The van der Waals surface area contributed by atoms with Crippen LogP contribution < -0.4 is 16.4 Å². The molecular formula is C11H21N3O2S. The van der Waals surface area contributed by atoms with Gasteiger partial charge in [0.1, 0.15) is 0 Å². The highest BCUT2D eigenvalue weighted by molar-refractivity contribution is 7.80. The average Bonchev–Trinajstić information content (AvgIpc) is 2.23. The summed E-state index contributed by atoms with van der Waals surface area (Å²) in [5, 5.41) is 5.67. The van der Waals surface area contributed by atoms with E-state index in [1.54, 1.807) is 7.05 Å². The van der Waals surface area contributed by atoms with E-state index < -0.39 is 5.91 Å². The first-order chi connectivity index (χ1) is 7.86. The molecule has 0 unspecified atom stereocenters. The molecule has 0 aromatic carbocycles. The SMILES string of the molecule is CNC(=S)[C@H](CC(C)C)NC(=O)CCC(N)=O. The van der Waals surface area contributed by atoms with Crippen LogP contribution in [0.3, 0.4) is 0 Å². The third kappa shape index (κ3) is 7.68. The van der Waals surface area contributed by atoms with Crippen LogP contribution in [0.25, 0.3) is 0 Å². The standard InChI is InChI=1S/C11H21N3O2S/c1-7(2)6-8(11(17)13-3)14-10(16)5-4-9(12)15/h7-8H,4-6H2,1-3H3,(H2,12,15)(H,13,17)(H,14,16)/t8-/m0/s1. The molecular weight excluding hydrogens is 238 g/mol. The van der Waals surface area contributed by atoms with Crippen molar-refractivity contribution in [2.45, 2.75) is 39.2 Å². The summed E-state index contributed by atoms with van der Waals surface area (Å²) >= 11 is 5.13. The van der Waals surface area contributed by atoms with Gasteiger partial charge in [-0.15, -0.1) is 0 Å². The van der Waals surface area contributed by atoms with Gasteiger partial charge in [-0.05, 0) is 12.3 Å². The molecule has 5 nitrogen and oxygen atoms in total. The van der Waals surface area contributed by atoms with Crippen LogP contribution >= 0.6 is 12.2 Å². The highest BCUT2D eigenvalue weighted by atomic mass is 32.1. The van der Waals surface area contributed by atoms with Crippen LogP contribution in [0, 0.1) is 5.92 Å². The van der Waals surface area contributed by atoms with E-state index in [2.05, 4.69) is 24.5 Å². The molecule has 0 heterocycles. The molecule has 0 saturated carbocycles. The van der Waals surface area contributed by atoms with Crippen LogP contribution in [0.15, 0.2) is 0 Å². The maximum Gasteiger partial charge on any atom is 0.221 e. The molecule has 17 heavy (non-hydrogen) atoms. The van der Waals surface area contributed by atoms with Crippen molar-refractivity contribution in [3.8, 4) is 0 Å². The molecule has 2 amide bonds. The Kier molecular flexibility index (Phi) is 7.45. The van der Waals surface area contributed by atoms with E-state index in [0.717, 1.165) is 6.42 Å². The molecule has 0 aromatic rings. The maximum atomic E-state index is 11.6. The van der Waals surface area contributed by atoms with Gasteiger partial charge in [-0.1, -0.05) is 26.1 Å². The van der Waals surface area contributed by atoms with Gasteiger partial charge in [0.05, 0.1) is 11.0 Å². The van der Waals surface area contributed by atoms with E-state index in [9.17, 15) is 9.59 Å². The van der Waals surface area contributed by atoms with Gasteiger partial charge >= 0.3 is 0 Å². The van der Waals surface area contributed by atoms with Crippen molar-refractivity contribution in [2.75, 3.05) is 7.05 Å². The lowest BCUT2D eigenvalue weighted by Gasteiger charge is -2.21. The molecule has 0 aliphatic rings. The minimum Gasteiger partial charge on any atom is -0.381 e. The Morgan fingerprint density at radius 3 is 2.29 bits per heavy atom. The zero-order valence-corrected chi connectivity index (χ0v) is 11.4. The predicted molar refractivity (Wildman–Crippen MR) is 71.5 cm³/mol. The quantitative estimate of drug-likeness (QED) is 0.575. The molecule has 0 aromatic heterocycles. The van der Waals surface area contributed by atoms with Crippen LogP contribution in [0.4, 0.5) is 0 Å². The Hall–Kier alpha value is -1.17. The molecule has 0 spiro atoms. The van der Waals surface area contributed by atoms with Crippen LogP contribution in [-0.4, -0.2) is 29.9 Å². The summed E-state index contributed by atoms with van der Waals surface area (Å²) < 4.78 is 0. The van der Waals surface area contributed by atoms with Crippen molar-refractivity contribution in [1.29, 1.82) is 0 Å². The highest BCUT2D eigenvalue weighted by Crippen LogP contribution is 2.06. The summed E-state index contributed by atoms with van der Waals surface area (Å²) in [5.41, 5.74) is 4.98. The van der Waals surface area contributed by atoms with E-state index in [1.807, 2.05) is 0 Å². The van der Waals surface area contributed by atoms with Crippen molar-refractivity contribution in [2.24, 2.45) is 11.7 Å². The number of carbonyl (C=O) groups is 2.